The maximum Gasteiger partial charge on any atom is 0.264 e. The fraction of sp³-hybridized carbons (Fsp3) is 0.100. The molecule has 0 aliphatic carbocycles. The monoisotopic (exact) mass is 415 g/mol. The number of aromatic nitrogens is 1. The molecular weight excluding hydrogens is 398 g/mol. The van der Waals surface area contributed by atoms with E-state index in [1.54, 1.807) is 60.9 Å². The minimum atomic E-state index is -3.85. The summed E-state index contributed by atoms with van der Waals surface area (Å²) in [5, 5.41) is 3.20. The fourth-order valence-electron chi connectivity index (χ4n) is 2.55. The molecule has 1 N–H and O–H groups in total. The van der Waals surface area contributed by atoms with Gasteiger partial charge in [-0.05, 0) is 54.1 Å². The number of nitrogens with zero attached hydrogens (tertiary/aromatic N) is 2. The van der Waals surface area contributed by atoms with Gasteiger partial charge in [0.2, 0.25) is 0 Å². The number of carbonyl (C=O) groups excluding carboxylic acids is 1. The molecular formula is C20H18ClN3O3S. The lowest BCUT2D eigenvalue weighted by Crippen LogP contribution is -2.27. The van der Waals surface area contributed by atoms with Gasteiger partial charge in [-0.1, -0.05) is 23.7 Å². The van der Waals surface area contributed by atoms with Gasteiger partial charge in [0.15, 0.2) is 0 Å². The van der Waals surface area contributed by atoms with Crippen LogP contribution in [0, 0.1) is 0 Å². The molecule has 0 radical (unpaired) electrons. The summed E-state index contributed by atoms with van der Waals surface area (Å²) in [4.78, 5) is 16.4. The van der Waals surface area contributed by atoms with Gasteiger partial charge in [0, 0.05) is 36.6 Å². The summed E-state index contributed by atoms with van der Waals surface area (Å²) >= 11 is 5.96. The molecule has 3 aromatic rings. The van der Waals surface area contributed by atoms with E-state index in [-0.39, 0.29) is 16.4 Å². The number of sulfonamides is 1. The third kappa shape index (κ3) is 4.49. The number of hydrogen-bond donors (Lipinski definition) is 1. The van der Waals surface area contributed by atoms with E-state index >= 15 is 0 Å². The van der Waals surface area contributed by atoms with Crippen LogP contribution >= 0.6 is 11.6 Å². The Labute approximate surface area is 168 Å². The fourth-order valence-corrected chi connectivity index (χ4v) is 3.97. The first-order valence-electron chi connectivity index (χ1n) is 8.39. The van der Waals surface area contributed by atoms with E-state index in [1.807, 2.05) is 0 Å². The second kappa shape index (κ2) is 8.41. The minimum absolute atomic E-state index is 0.0199. The van der Waals surface area contributed by atoms with Crippen LogP contribution in [-0.4, -0.2) is 26.4 Å². The van der Waals surface area contributed by atoms with E-state index in [0.717, 1.165) is 9.87 Å². The van der Waals surface area contributed by atoms with Crippen molar-refractivity contribution in [2.24, 2.45) is 0 Å². The number of anilines is 1. The van der Waals surface area contributed by atoms with Gasteiger partial charge < -0.3 is 5.32 Å². The van der Waals surface area contributed by atoms with Crippen LogP contribution in [0.1, 0.15) is 15.9 Å². The van der Waals surface area contributed by atoms with E-state index in [0.29, 0.717) is 17.3 Å². The number of pyridine rings is 1. The van der Waals surface area contributed by atoms with Gasteiger partial charge in [0.1, 0.15) is 0 Å². The molecule has 0 saturated heterocycles. The van der Waals surface area contributed by atoms with Gasteiger partial charge in [-0.3, -0.25) is 14.1 Å². The first-order valence-corrected chi connectivity index (χ1v) is 10.2. The number of halogens is 1. The van der Waals surface area contributed by atoms with Crippen LogP contribution in [0.15, 0.2) is 78.0 Å². The molecule has 1 amide bonds. The van der Waals surface area contributed by atoms with Crippen molar-refractivity contribution in [2.45, 2.75) is 11.4 Å². The predicted octanol–water partition coefficient (Wildman–Crippen LogP) is 3.49. The number of hydrogen-bond acceptors (Lipinski definition) is 4. The Morgan fingerprint density at radius 2 is 1.79 bits per heavy atom. The number of amides is 1. The van der Waals surface area contributed by atoms with Crippen molar-refractivity contribution in [1.82, 2.24) is 10.3 Å². The van der Waals surface area contributed by atoms with Crippen molar-refractivity contribution >= 4 is 33.2 Å². The van der Waals surface area contributed by atoms with Crippen LogP contribution in [0.3, 0.4) is 0 Å². The number of nitrogens with one attached hydrogen (secondary N) is 1. The summed E-state index contributed by atoms with van der Waals surface area (Å²) in [6.45, 7) is 0.320. The Morgan fingerprint density at radius 3 is 2.50 bits per heavy atom. The summed E-state index contributed by atoms with van der Waals surface area (Å²) in [7, 11) is -2.40. The topological polar surface area (TPSA) is 79.4 Å². The Kier molecular flexibility index (Phi) is 5.96. The van der Waals surface area contributed by atoms with Crippen molar-refractivity contribution in [3.05, 3.63) is 89.2 Å². The highest BCUT2D eigenvalue weighted by molar-refractivity contribution is 7.92. The molecule has 0 spiro atoms. The molecule has 0 atom stereocenters. The van der Waals surface area contributed by atoms with E-state index in [4.69, 9.17) is 11.6 Å². The Bertz CT molecular complexity index is 1090. The minimum Gasteiger partial charge on any atom is -0.348 e. The zero-order valence-corrected chi connectivity index (χ0v) is 16.6. The summed E-state index contributed by atoms with van der Waals surface area (Å²) in [6, 6.07) is 16.1. The van der Waals surface area contributed by atoms with Crippen molar-refractivity contribution < 1.29 is 13.2 Å². The lowest BCUT2D eigenvalue weighted by molar-refractivity contribution is 0.0950. The average Bonchev–Trinajstić information content (AvgIpc) is 2.72. The maximum absolute atomic E-state index is 12.9. The zero-order chi connectivity index (χ0) is 20.1. The molecule has 0 fully saturated rings. The molecule has 28 heavy (non-hydrogen) atoms. The number of benzene rings is 2. The van der Waals surface area contributed by atoms with Crippen LogP contribution in [0.4, 0.5) is 5.69 Å². The summed E-state index contributed by atoms with van der Waals surface area (Å²) in [5.74, 6) is -0.362. The van der Waals surface area contributed by atoms with Crippen molar-refractivity contribution in [1.29, 1.82) is 0 Å². The average molecular weight is 416 g/mol. The first kappa shape index (κ1) is 19.9. The second-order valence-corrected chi connectivity index (χ2v) is 8.42. The third-order valence-electron chi connectivity index (χ3n) is 4.13. The van der Waals surface area contributed by atoms with Gasteiger partial charge in [-0.2, -0.15) is 0 Å². The molecule has 0 unspecified atom stereocenters. The lowest BCUT2D eigenvalue weighted by Gasteiger charge is -2.20. The zero-order valence-electron chi connectivity index (χ0n) is 15.0. The van der Waals surface area contributed by atoms with Crippen molar-refractivity contribution in [3.63, 3.8) is 0 Å². The van der Waals surface area contributed by atoms with Gasteiger partial charge in [0.05, 0.1) is 10.6 Å². The highest BCUT2D eigenvalue weighted by Gasteiger charge is 2.22. The number of carbonyl (C=O) groups is 1. The van der Waals surface area contributed by atoms with E-state index < -0.39 is 10.0 Å². The number of rotatable bonds is 6. The van der Waals surface area contributed by atoms with Crippen LogP contribution in [0.25, 0.3) is 0 Å². The molecule has 6 nitrogen and oxygen atoms in total. The standard InChI is InChI=1S/C20H18ClN3O3S/c1-24(18-6-3-5-17(21)13-18)28(26,27)19-7-2-4-16(12-19)20(25)23-14-15-8-10-22-11-9-15/h2-13H,14H2,1H3,(H,23,25). The highest BCUT2D eigenvalue weighted by atomic mass is 35.5. The van der Waals surface area contributed by atoms with Crippen LogP contribution < -0.4 is 9.62 Å². The first-order chi connectivity index (χ1) is 13.4. The van der Waals surface area contributed by atoms with Gasteiger partial charge >= 0.3 is 0 Å². The van der Waals surface area contributed by atoms with E-state index in [9.17, 15) is 13.2 Å². The normalized spacial score (nSPS) is 11.1. The van der Waals surface area contributed by atoms with Gasteiger partial charge in [-0.15, -0.1) is 0 Å². The Hall–Kier alpha value is -2.90. The Balaban J connectivity index is 1.80. The maximum atomic E-state index is 12.9. The van der Waals surface area contributed by atoms with Crippen molar-refractivity contribution in [2.75, 3.05) is 11.4 Å². The molecule has 2 aromatic carbocycles. The third-order valence-corrected chi connectivity index (χ3v) is 6.15. The summed E-state index contributed by atoms with van der Waals surface area (Å²) in [5.41, 5.74) is 1.59. The van der Waals surface area contributed by atoms with E-state index in [2.05, 4.69) is 10.3 Å². The van der Waals surface area contributed by atoms with Crippen LogP contribution in [0.2, 0.25) is 5.02 Å². The van der Waals surface area contributed by atoms with Crippen LogP contribution in [-0.2, 0) is 16.6 Å². The second-order valence-electron chi connectivity index (χ2n) is 6.02. The summed E-state index contributed by atoms with van der Waals surface area (Å²) in [6.07, 6.45) is 3.28. The SMILES string of the molecule is CN(c1cccc(Cl)c1)S(=O)(=O)c1cccc(C(=O)NCc2ccncc2)c1. The van der Waals surface area contributed by atoms with Gasteiger partial charge in [0.25, 0.3) is 15.9 Å². The smallest absolute Gasteiger partial charge is 0.264 e. The van der Waals surface area contributed by atoms with E-state index in [1.165, 1.54) is 19.2 Å². The lowest BCUT2D eigenvalue weighted by atomic mass is 10.2. The largest absolute Gasteiger partial charge is 0.348 e. The molecule has 0 saturated carbocycles. The van der Waals surface area contributed by atoms with Crippen molar-refractivity contribution in [3.8, 4) is 0 Å². The predicted molar refractivity (Wildman–Crippen MR) is 109 cm³/mol. The molecule has 0 aliphatic rings. The molecule has 1 aromatic heterocycles. The molecule has 0 bridgehead atoms. The molecule has 1 heterocycles. The molecule has 8 heteroatoms. The molecule has 0 aliphatic heterocycles. The Morgan fingerprint density at radius 1 is 1.07 bits per heavy atom. The van der Waals surface area contributed by atoms with Crippen LogP contribution in [0.5, 0.6) is 0 Å². The van der Waals surface area contributed by atoms with Gasteiger partial charge in [-0.25, -0.2) is 8.42 Å². The quantitative estimate of drug-likeness (QED) is 0.668. The summed E-state index contributed by atoms with van der Waals surface area (Å²) < 4.78 is 27.0. The molecule has 3 rings (SSSR count). The molecule has 144 valence electrons. The highest BCUT2D eigenvalue weighted by Crippen LogP contribution is 2.25.